The van der Waals surface area contributed by atoms with Crippen LogP contribution in [0.15, 0.2) is 17.1 Å². The minimum absolute atomic E-state index is 0.943. The van der Waals surface area contributed by atoms with Crippen molar-refractivity contribution >= 4 is 5.84 Å². The summed E-state index contributed by atoms with van der Waals surface area (Å²) in [5.74, 6) is 1.08. The van der Waals surface area contributed by atoms with Gasteiger partial charge in [-0.1, -0.05) is 90.0 Å². The lowest BCUT2D eigenvalue weighted by Crippen LogP contribution is -2.15. The highest BCUT2D eigenvalue weighted by molar-refractivity contribution is 5.93. The van der Waals surface area contributed by atoms with Crippen molar-refractivity contribution in [2.24, 2.45) is 4.99 Å². The normalized spacial score (nSPS) is 14.5. The van der Waals surface area contributed by atoms with Crippen LogP contribution in [0.5, 0.6) is 0 Å². The van der Waals surface area contributed by atoms with Crippen molar-refractivity contribution in [3.8, 4) is 0 Å². The zero-order chi connectivity index (χ0) is 15.7. The SMILES string of the molecule is CCCCCCCCCCCCCCC/C=C/C1=NCCN1. The number of allylic oxidation sites excluding steroid dienone is 1. The molecule has 0 amide bonds. The molecule has 0 saturated heterocycles. The molecule has 1 aliphatic heterocycles. The second-order valence-corrected chi connectivity index (χ2v) is 6.63. The number of aliphatic imine (C=N–C) groups is 1. The van der Waals surface area contributed by atoms with Gasteiger partial charge in [0.2, 0.25) is 0 Å². The largest absolute Gasteiger partial charge is 0.369 e. The third-order valence-electron chi connectivity index (χ3n) is 4.45. The first-order valence-electron chi connectivity index (χ1n) is 9.88. The van der Waals surface area contributed by atoms with Crippen LogP contribution < -0.4 is 5.32 Å². The molecule has 0 bridgehead atoms. The van der Waals surface area contributed by atoms with Gasteiger partial charge in [0.25, 0.3) is 0 Å². The Morgan fingerprint density at radius 1 is 0.818 bits per heavy atom. The topological polar surface area (TPSA) is 24.4 Å². The van der Waals surface area contributed by atoms with Gasteiger partial charge in [0.05, 0.1) is 6.54 Å². The van der Waals surface area contributed by atoms with Gasteiger partial charge in [0, 0.05) is 6.54 Å². The van der Waals surface area contributed by atoms with Crippen molar-refractivity contribution in [1.29, 1.82) is 0 Å². The summed E-state index contributed by atoms with van der Waals surface area (Å²) in [5.41, 5.74) is 0. The van der Waals surface area contributed by atoms with E-state index in [4.69, 9.17) is 0 Å². The Hall–Kier alpha value is -0.790. The summed E-state index contributed by atoms with van der Waals surface area (Å²) in [4.78, 5) is 4.36. The van der Waals surface area contributed by atoms with Gasteiger partial charge in [-0.05, 0) is 18.9 Å². The molecule has 0 aromatic heterocycles. The maximum absolute atomic E-state index is 4.36. The van der Waals surface area contributed by atoms with Crippen LogP contribution in [-0.2, 0) is 0 Å². The molecule has 0 aliphatic carbocycles. The third kappa shape index (κ3) is 11.8. The molecule has 0 saturated carbocycles. The molecular formula is C20H38N2. The van der Waals surface area contributed by atoms with E-state index in [-0.39, 0.29) is 0 Å². The van der Waals surface area contributed by atoms with Crippen LogP contribution in [0, 0.1) is 0 Å². The molecule has 22 heavy (non-hydrogen) atoms. The maximum Gasteiger partial charge on any atom is 0.120 e. The van der Waals surface area contributed by atoms with Crippen molar-refractivity contribution in [2.75, 3.05) is 13.1 Å². The van der Waals surface area contributed by atoms with Gasteiger partial charge >= 0.3 is 0 Å². The standard InChI is InChI=1S/C20H38N2/c1-2-3-4-5-6-7-8-9-10-11-12-13-14-15-16-17-20-21-18-19-22-20/h16-17H,2-15,18-19H2,1H3,(H,21,22)/b17-16+. The molecule has 0 spiro atoms. The fourth-order valence-corrected chi connectivity index (χ4v) is 3.00. The van der Waals surface area contributed by atoms with E-state index in [1.807, 2.05) is 0 Å². The molecule has 128 valence electrons. The van der Waals surface area contributed by atoms with E-state index in [2.05, 4.69) is 29.4 Å². The van der Waals surface area contributed by atoms with Gasteiger partial charge in [-0.15, -0.1) is 0 Å². The van der Waals surface area contributed by atoms with Gasteiger partial charge in [-0.25, -0.2) is 0 Å². The summed E-state index contributed by atoms with van der Waals surface area (Å²) >= 11 is 0. The van der Waals surface area contributed by atoms with Gasteiger partial charge in [-0.3, -0.25) is 4.99 Å². The molecule has 1 aliphatic rings. The average Bonchev–Trinajstić information content (AvgIpc) is 3.04. The van der Waals surface area contributed by atoms with Crippen molar-refractivity contribution in [3.05, 3.63) is 12.2 Å². The molecule has 0 fully saturated rings. The van der Waals surface area contributed by atoms with Crippen LogP contribution in [0.25, 0.3) is 0 Å². The second kappa shape index (κ2) is 15.1. The maximum atomic E-state index is 4.36. The number of hydrogen-bond donors (Lipinski definition) is 1. The van der Waals surface area contributed by atoms with Gasteiger partial charge < -0.3 is 5.32 Å². The number of unbranched alkanes of at least 4 members (excludes halogenated alkanes) is 13. The highest BCUT2D eigenvalue weighted by Gasteiger charge is 1.98. The van der Waals surface area contributed by atoms with Crippen molar-refractivity contribution in [2.45, 2.75) is 96.8 Å². The molecule has 0 atom stereocenters. The number of nitrogens with one attached hydrogen (secondary N) is 1. The van der Waals surface area contributed by atoms with Gasteiger partial charge in [0.1, 0.15) is 5.84 Å². The average molecular weight is 307 g/mol. The molecule has 1 rings (SSSR count). The lowest BCUT2D eigenvalue weighted by atomic mass is 10.0. The fraction of sp³-hybridized carbons (Fsp3) is 0.850. The van der Waals surface area contributed by atoms with Crippen LogP contribution in [0.4, 0.5) is 0 Å². The Morgan fingerprint density at radius 3 is 1.86 bits per heavy atom. The second-order valence-electron chi connectivity index (χ2n) is 6.63. The number of rotatable bonds is 15. The molecule has 2 nitrogen and oxygen atoms in total. The van der Waals surface area contributed by atoms with E-state index in [0.717, 1.165) is 18.9 Å². The quantitative estimate of drug-likeness (QED) is 0.367. The summed E-state index contributed by atoms with van der Waals surface area (Å²) < 4.78 is 0. The van der Waals surface area contributed by atoms with Crippen LogP contribution in [0.3, 0.4) is 0 Å². The van der Waals surface area contributed by atoms with E-state index in [9.17, 15) is 0 Å². The van der Waals surface area contributed by atoms with Crippen LogP contribution >= 0.6 is 0 Å². The fourth-order valence-electron chi connectivity index (χ4n) is 3.00. The van der Waals surface area contributed by atoms with Crippen LogP contribution in [-0.4, -0.2) is 18.9 Å². The highest BCUT2D eigenvalue weighted by atomic mass is 15.1. The highest BCUT2D eigenvalue weighted by Crippen LogP contribution is 2.13. The minimum atomic E-state index is 0.943. The molecular weight excluding hydrogens is 268 g/mol. The molecule has 0 aromatic rings. The predicted molar refractivity (Wildman–Crippen MR) is 99.8 cm³/mol. The summed E-state index contributed by atoms with van der Waals surface area (Å²) in [6, 6.07) is 0. The monoisotopic (exact) mass is 306 g/mol. The van der Waals surface area contributed by atoms with Crippen LogP contribution in [0.2, 0.25) is 0 Å². The third-order valence-corrected chi connectivity index (χ3v) is 4.45. The molecule has 2 heteroatoms. The van der Waals surface area contributed by atoms with Gasteiger partial charge in [-0.2, -0.15) is 0 Å². The molecule has 0 unspecified atom stereocenters. The molecule has 1 N–H and O–H groups in total. The summed E-state index contributed by atoms with van der Waals surface area (Å²) in [6.07, 6.45) is 24.2. The zero-order valence-electron chi connectivity index (χ0n) is 14.9. The number of hydrogen-bond acceptors (Lipinski definition) is 2. The molecule has 1 heterocycles. The number of amidine groups is 1. The zero-order valence-corrected chi connectivity index (χ0v) is 14.9. The van der Waals surface area contributed by atoms with E-state index in [1.165, 1.54) is 89.9 Å². The summed E-state index contributed by atoms with van der Waals surface area (Å²) in [6.45, 7) is 4.24. The Labute approximate surface area is 138 Å². The number of nitrogens with zero attached hydrogens (tertiary/aromatic N) is 1. The van der Waals surface area contributed by atoms with Crippen molar-refractivity contribution in [3.63, 3.8) is 0 Å². The van der Waals surface area contributed by atoms with Gasteiger partial charge in [0.15, 0.2) is 0 Å². The van der Waals surface area contributed by atoms with Crippen molar-refractivity contribution < 1.29 is 0 Å². The Morgan fingerprint density at radius 2 is 1.36 bits per heavy atom. The first-order chi connectivity index (χ1) is 10.9. The Balaban J connectivity index is 1.71. The smallest absolute Gasteiger partial charge is 0.120 e. The van der Waals surface area contributed by atoms with Crippen molar-refractivity contribution in [1.82, 2.24) is 5.32 Å². The van der Waals surface area contributed by atoms with Crippen LogP contribution in [0.1, 0.15) is 96.8 Å². The first-order valence-corrected chi connectivity index (χ1v) is 9.88. The Kier molecular flexibility index (Phi) is 13.2. The van der Waals surface area contributed by atoms with E-state index in [0.29, 0.717) is 0 Å². The molecule has 0 aromatic carbocycles. The Bertz CT molecular complexity index is 294. The van der Waals surface area contributed by atoms with E-state index >= 15 is 0 Å². The summed E-state index contributed by atoms with van der Waals surface area (Å²) in [7, 11) is 0. The lowest BCUT2D eigenvalue weighted by Gasteiger charge is -2.02. The molecule has 0 radical (unpaired) electrons. The predicted octanol–water partition coefficient (Wildman–Crippen LogP) is 6.03. The summed E-state index contributed by atoms with van der Waals surface area (Å²) in [5, 5.41) is 3.27. The first kappa shape index (κ1) is 19.3. The minimum Gasteiger partial charge on any atom is -0.369 e. The lowest BCUT2D eigenvalue weighted by molar-refractivity contribution is 0.540. The van der Waals surface area contributed by atoms with E-state index < -0.39 is 0 Å². The van der Waals surface area contributed by atoms with E-state index in [1.54, 1.807) is 0 Å².